The number of hydrogen-bond acceptors (Lipinski definition) is 6. The maximum atomic E-state index is 12.7. The van der Waals surface area contributed by atoms with Crippen LogP contribution in [0.25, 0.3) is 0 Å². The van der Waals surface area contributed by atoms with Crippen LogP contribution >= 0.6 is 0 Å². The van der Waals surface area contributed by atoms with Crippen molar-refractivity contribution in [2.75, 3.05) is 7.11 Å². The zero-order chi connectivity index (χ0) is 18.2. The van der Waals surface area contributed by atoms with Gasteiger partial charge in [-0.05, 0) is 5.56 Å². The van der Waals surface area contributed by atoms with Crippen LogP contribution < -0.4 is 0 Å². The minimum absolute atomic E-state index is 0.132. The molecule has 2 aromatic rings. The molecular weight excluding hydrogens is 322 g/mol. The molecule has 1 unspecified atom stereocenters. The molecule has 0 radical (unpaired) electrons. The van der Waals surface area contributed by atoms with E-state index >= 15 is 0 Å². The molecule has 0 fully saturated rings. The second-order valence-electron chi connectivity index (χ2n) is 5.26. The number of Topliss-reactive ketones (excluding diaryl/α,β-unsaturated/α-hetero) is 2. The molecular formula is C19H17NO5. The van der Waals surface area contributed by atoms with Crippen LogP contribution in [0.15, 0.2) is 65.8 Å². The molecule has 0 bridgehead atoms. The van der Waals surface area contributed by atoms with Gasteiger partial charge in [0.05, 0.1) is 18.7 Å². The molecule has 0 spiro atoms. The molecule has 1 atom stereocenters. The van der Waals surface area contributed by atoms with Crippen molar-refractivity contribution in [3.8, 4) is 0 Å². The topological polar surface area (TPSA) is 93.0 Å². The van der Waals surface area contributed by atoms with Gasteiger partial charge in [-0.25, -0.2) is 4.79 Å². The summed E-state index contributed by atoms with van der Waals surface area (Å²) in [4.78, 5) is 36.7. The highest BCUT2D eigenvalue weighted by Crippen LogP contribution is 2.18. The molecule has 0 aliphatic carbocycles. The van der Waals surface area contributed by atoms with Gasteiger partial charge in [-0.1, -0.05) is 65.8 Å². The molecule has 0 saturated carbocycles. The Morgan fingerprint density at radius 3 is 1.96 bits per heavy atom. The van der Waals surface area contributed by atoms with E-state index in [2.05, 4.69) is 9.89 Å². The minimum Gasteiger partial charge on any atom is -0.463 e. The summed E-state index contributed by atoms with van der Waals surface area (Å²) in [6, 6.07) is 16.8. The quantitative estimate of drug-likeness (QED) is 0.159. The molecule has 0 aliphatic rings. The number of nitrogens with zero attached hydrogens (tertiary/aromatic N) is 1. The number of rotatable bonds is 7. The van der Waals surface area contributed by atoms with E-state index in [1.165, 1.54) is 0 Å². The van der Waals surface area contributed by atoms with Crippen LogP contribution in [0.2, 0.25) is 0 Å². The van der Waals surface area contributed by atoms with E-state index in [4.69, 9.17) is 0 Å². The maximum Gasteiger partial charge on any atom is 0.375 e. The number of esters is 1. The van der Waals surface area contributed by atoms with E-state index in [9.17, 15) is 19.6 Å². The molecule has 0 aliphatic heterocycles. The van der Waals surface area contributed by atoms with Crippen LogP contribution in [-0.4, -0.2) is 35.6 Å². The summed E-state index contributed by atoms with van der Waals surface area (Å²) in [6.07, 6.45) is -0.220. The van der Waals surface area contributed by atoms with Gasteiger partial charge in [0.25, 0.3) is 5.78 Å². The molecule has 2 rings (SSSR count). The Bertz CT molecular complexity index is 784. The van der Waals surface area contributed by atoms with Crippen LogP contribution in [0.5, 0.6) is 0 Å². The largest absolute Gasteiger partial charge is 0.463 e. The van der Waals surface area contributed by atoms with E-state index in [1.807, 2.05) is 0 Å². The summed E-state index contributed by atoms with van der Waals surface area (Å²) >= 11 is 0. The van der Waals surface area contributed by atoms with Gasteiger partial charge in [0, 0.05) is 12.0 Å². The average molecular weight is 339 g/mol. The summed E-state index contributed by atoms with van der Waals surface area (Å²) in [6.45, 7) is 0. The van der Waals surface area contributed by atoms with Crippen molar-refractivity contribution in [3.63, 3.8) is 0 Å². The van der Waals surface area contributed by atoms with E-state index in [-0.39, 0.29) is 17.7 Å². The number of methoxy groups -OCH3 is 1. The molecule has 128 valence electrons. The fourth-order valence-electron chi connectivity index (χ4n) is 2.39. The summed E-state index contributed by atoms with van der Waals surface area (Å²) < 4.78 is 4.46. The van der Waals surface area contributed by atoms with Crippen LogP contribution in [0.4, 0.5) is 0 Å². The second kappa shape index (κ2) is 8.54. The second-order valence-corrected chi connectivity index (χ2v) is 5.26. The van der Waals surface area contributed by atoms with Crippen molar-refractivity contribution in [2.24, 2.45) is 11.1 Å². The molecule has 25 heavy (non-hydrogen) atoms. The lowest BCUT2D eigenvalue weighted by atomic mass is 9.87. The standard InChI is InChI=1S/C19H17NO5/c1-25-19(23)18(22)15(17(21)14-10-6-3-7-11-14)12-16(20-24)13-8-4-2-5-9-13/h2-11,15,24H,12H2,1H3/b20-16-. The molecule has 6 nitrogen and oxygen atoms in total. The average Bonchev–Trinajstić information content (AvgIpc) is 2.68. The minimum atomic E-state index is -1.33. The molecule has 0 saturated heterocycles. The molecule has 0 amide bonds. The third-order valence-electron chi connectivity index (χ3n) is 3.70. The Labute approximate surface area is 144 Å². The van der Waals surface area contributed by atoms with Gasteiger partial charge in [-0.3, -0.25) is 9.59 Å². The van der Waals surface area contributed by atoms with Crippen LogP contribution in [0.1, 0.15) is 22.3 Å². The highest BCUT2D eigenvalue weighted by atomic mass is 16.5. The van der Waals surface area contributed by atoms with Crippen LogP contribution in [0, 0.1) is 5.92 Å². The van der Waals surface area contributed by atoms with Crippen molar-refractivity contribution in [1.82, 2.24) is 0 Å². The smallest absolute Gasteiger partial charge is 0.375 e. The number of benzene rings is 2. The Morgan fingerprint density at radius 2 is 1.48 bits per heavy atom. The number of hydrogen-bond donors (Lipinski definition) is 1. The first-order valence-electron chi connectivity index (χ1n) is 7.56. The molecule has 0 aromatic heterocycles. The fourth-order valence-corrected chi connectivity index (χ4v) is 2.39. The van der Waals surface area contributed by atoms with Gasteiger partial charge in [-0.2, -0.15) is 0 Å². The number of oxime groups is 1. The Balaban J connectivity index is 2.36. The van der Waals surface area contributed by atoms with Crippen molar-refractivity contribution >= 4 is 23.2 Å². The van der Waals surface area contributed by atoms with E-state index in [0.717, 1.165) is 7.11 Å². The number of carbonyl (C=O) groups is 3. The van der Waals surface area contributed by atoms with Gasteiger partial charge >= 0.3 is 5.97 Å². The SMILES string of the molecule is COC(=O)C(=O)C(C/C(=N/O)c1ccccc1)C(=O)c1ccccc1. The van der Waals surface area contributed by atoms with E-state index in [0.29, 0.717) is 5.56 Å². The highest BCUT2D eigenvalue weighted by molar-refractivity contribution is 6.40. The van der Waals surface area contributed by atoms with E-state index < -0.39 is 23.5 Å². The highest BCUT2D eigenvalue weighted by Gasteiger charge is 2.34. The summed E-state index contributed by atoms with van der Waals surface area (Å²) in [5.74, 6) is -3.96. The summed E-state index contributed by atoms with van der Waals surface area (Å²) in [5, 5.41) is 12.5. The van der Waals surface area contributed by atoms with Crippen molar-refractivity contribution in [3.05, 3.63) is 71.8 Å². The third kappa shape index (κ3) is 4.38. The molecule has 0 heterocycles. The normalized spacial score (nSPS) is 12.3. The Morgan fingerprint density at radius 1 is 0.960 bits per heavy atom. The van der Waals surface area contributed by atoms with Gasteiger partial charge in [0.2, 0.25) is 0 Å². The number of ether oxygens (including phenoxy) is 1. The van der Waals surface area contributed by atoms with Crippen molar-refractivity contribution < 1.29 is 24.3 Å². The predicted molar refractivity (Wildman–Crippen MR) is 90.7 cm³/mol. The summed E-state index contributed by atoms with van der Waals surface area (Å²) in [5.41, 5.74) is 0.968. The lowest BCUT2D eigenvalue weighted by molar-refractivity contribution is -0.152. The molecule has 2 aromatic carbocycles. The monoisotopic (exact) mass is 339 g/mol. The first-order chi connectivity index (χ1) is 12.1. The van der Waals surface area contributed by atoms with Crippen LogP contribution in [0.3, 0.4) is 0 Å². The van der Waals surface area contributed by atoms with Gasteiger partial charge in [-0.15, -0.1) is 0 Å². The molecule has 6 heteroatoms. The molecule has 1 N–H and O–H groups in total. The van der Waals surface area contributed by atoms with Gasteiger partial charge in [0.1, 0.15) is 0 Å². The maximum absolute atomic E-state index is 12.7. The van der Waals surface area contributed by atoms with Crippen LogP contribution in [-0.2, 0) is 14.3 Å². The third-order valence-corrected chi connectivity index (χ3v) is 3.70. The number of carbonyl (C=O) groups excluding carboxylic acids is 3. The van der Waals surface area contributed by atoms with Crippen molar-refractivity contribution in [2.45, 2.75) is 6.42 Å². The van der Waals surface area contributed by atoms with Gasteiger partial charge < -0.3 is 9.94 Å². The predicted octanol–water partition coefficient (Wildman–Crippen LogP) is 2.50. The Hall–Kier alpha value is -3.28. The zero-order valence-electron chi connectivity index (χ0n) is 13.6. The first-order valence-corrected chi connectivity index (χ1v) is 7.56. The zero-order valence-corrected chi connectivity index (χ0v) is 13.6. The first kappa shape index (κ1) is 18.1. The van der Waals surface area contributed by atoms with E-state index in [1.54, 1.807) is 60.7 Å². The Kier molecular flexibility index (Phi) is 6.17. The van der Waals surface area contributed by atoms with Crippen molar-refractivity contribution in [1.29, 1.82) is 0 Å². The lowest BCUT2D eigenvalue weighted by Crippen LogP contribution is -2.33. The summed E-state index contributed by atoms with van der Waals surface area (Å²) in [7, 11) is 1.07. The lowest BCUT2D eigenvalue weighted by Gasteiger charge is -2.14. The van der Waals surface area contributed by atoms with Gasteiger partial charge in [0.15, 0.2) is 5.78 Å². The number of ketones is 2. The fraction of sp³-hybridized carbons (Fsp3) is 0.158.